The minimum absolute atomic E-state index is 0.793. The Hall–Kier alpha value is -2.09. The molecule has 0 fully saturated rings. The molecule has 0 amide bonds. The molecular weight excluding hydrogens is 306 g/mol. The number of hydrogen-bond donors (Lipinski definition) is 0. The molecule has 1 heterocycles. The first-order valence-electron chi connectivity index (χ1n) is 9.80. The second kappa shape index (κ2) is 9.41. The Kier molecular flexibility index (Phi) is 6.67. The van der Waals surface area contributed by atoms with Crippen molar-refractivity contribution in [1.82, 2.24) is 4.98 Å². The molecule has 132 valence electrons. The number of hydrogen-bond acceptors (Lipinski definition) is 2. The van der Waals surface area contributed by atoms with E-state index in [0.717, 1.165) is 40.6 Å². The molecule has 0 aliphatic carbocycles. The van der Waals surface area contributed by atoms with Crippen molar-refractivity contribution in [1.29, 1.82) is 0 Å². The van der Waals surface area contributed by atoms with Gasteiger partial charge in [-0.3, -0.25) is 0 Å². The average molecular weight is 335 g/mol. The van der Waals surface area contributed by atoms with Gasteiger partial charge in [-0.05, 0) is 30.7 Å². The van der Waals surface area contributed by atoms with E-state index in [4.69, 9.17) is 9.72 Å². The second-order valence-electron chi connectivity index (χ2n) is 6.83. The number of fused-ring (bicyclic) bond motifs is 2. The van der Waals surface area contributed by atoms with Gasteiger partial charge in [0.15, 0.2) is 0 Å². The predicted octanol–water partition coefficient (Wildman–Crippen LogP) is 6.91. The third kappa shape index (κ3) is 4.94. The molecule has 0 bridgehead atoms. The molecule has 0 saturated heterocycles. The highest BCUT2D eigenvalue weighted by Crippen LogP contribution is 2.28. The smallest absolute Gasteiger partial charge is 0.128 e. The predicted molar refractivity (Wildman–Crippen MR) is 107 cm³/mol. The van der Waals surface area contributed by atoms with Gasteiger partial charge >= 0.3 is 0 Å². The zero-order chi connectivity index (χ0) is 17.3. The average Bonchev–Trinajstić information content (AvgIpc) is 2.65. The van der Waals surface area contributed by atoms with Crippen LogP contribution in [0.15, 0.2) is 48.5 Å². The lowest BCUT2D eigenvalue weighted by molar-refractivity contribution is 0.307. The largest absolute Gasteiger partial charge is 0.493 e. The first-order chi connectivity index (χ1) is 12.4. The second-order valence-corrected chi connectivity index (χ2v) is 6.83. The number of rotatable bonds is 10. The summed E-state index contributed by atoms with van der Waals surface area (Å²) in [6, 6.07) is 16.6. The number of ether oxygens (including phenoxy) is 1. The Morgan fingerprint density at radius 3 is 2.32 bits per heavy atom. The molecule has 0 atom stereocenters. The van der Waals surface area contributed by atoms with Gasteiger partial charge in [-0.1, -0.05) is 76.1 Å². The van der Waals surface area contributed by atoms with Crippen LogP contribution in [0.25, 0.3) is 21.8 Å². The summed E-state index contributed by atoms with van der Waals surface area (Å²) in [5, 5.41) is 2.28. The molecule has 0 N–H and O–H groups in total. The summed E-state index contributed by atoms with van der Waals surface area (Å²) in [5.41, 5.74) is 2.04. The van der Waals surface area contributed by atoms with Crippen molar-refractivity contribution in [2.45, 2.75) is 58.3 Å². The summed E-state index contributed by atoms with van der Waals surface area (Å²) >= 11 is 0. The van der Waals surface area contributed by atoms with Crippen LogP contribution >= 0.6 is 0 Å². The number of para-hydroxylation sites is 1. The van der Waals surface area contributed by atoms with Crippen LogP contribution in [0.3, 0.4) is 0 Å². The molecule has 3 aromatic rings. The van der Waals surface area contributed by atoms with Crippen molar-refractivity contribution in [2.75, 3.05) is 6.61 Å². The van der Waals surface area contributed by atoms with Crippen LogP contribution in [-0.2, 0) is 0 Å². The lowest BCUT2D eigenvalue weighted by atomic mass is 10.1. The van der Waals surface area contributed by atoms with Gasteiger partial charge in [-0.15, -0.1) is 0 Å². The van der Waals surface area contributed by atoms with Crippen LogP contribution in [0.2, 0.25) is 0 Å². The fourth-order valence-corrected chi connectivity index (χ4v) is 3.32. The Bertz CT molecular complexity index is 796. The first-order valence-corrected chi connectivity index (χ1v) is 9.80. The molecule has 0 radical (unpaired) electrons. The van der Waals surface area contributed by atoms with E-state index in [-0.39, 0.29) is 0 Å². The van der Waals surface area contributed by atoms with Crippen molar-refractivity contribution in [3.8, 4) is 5.75 Å². The molecule has 3 rings (SSSR count). The number of benzene rings is 2. The maximum absolute atomic E-state index is 6.07. The molecule has 0 spiro atoms. The minimum Gasteiger partial charge on any atom is -0.493 e. The van der Waals surface area contributed by atoms with Crippen LogP contribution in [-0.4, -0.2) is 11.6 Å². The van der Waals surface area contributed by atoms with Crippen LogP contribution in [0, 0.1) is 0 Å². The highest BCUT2D eigenvalue weighted by atomic mass is 16.5. The zero-order valence-corrected chi connectivity index (χ0v) is 15.3. The van der Waals surface area contributed by atoms with Crippen LogP contribution < -0.4 is 4.74 Å². The van der Waals surface area contributed by atoms with Crippen LogP contribution in [0.4, 0.5) is 0 Å². The summed E-state index contributed by atoms with van der Waals surface area (Å²) in [6.45, 7) is 3.06. The minimum atomic E-state index is 0.793. The molecule has 25 heavy (non-hydrogen) atoms. The Labute approximate surface area is 151 Å². The number of aromatic nitrogens is 1. The third-order valence-electron chi connectivity index (χ3n) is 4.78. The summed E-state index contributed by atoms with van der Waals surface area (Å²) in [4.78, 5) is 4.75. The van der Waals surface area contributed by atoms with E-state index < -0.39 is 0 Å². The van der Waals surface area contributed by atoms with E-state index >= 15 is 0 Å². The van der Waals surface area contributed by atoms with E-state index in [9.17, 15) is 0 Å². The van der Waals surface area contributed by atoms with Crippen molar-refractivity contribution >= 4 is 21.8 Å². The topological polar surface area (TPSA) is 22.1 Å². The fourth-order valence-electron chi connectivity index (χ4n) is 3.32. The van der Waals surface area contributed by atoms with Crippen molar-refractivity contribution in [2.24, 2.45) is 0 Å². The molecule has 1 aromatic heterocycles. The summed E-state index contributed by atoms with van der Waals surface area (Å²) in [5.74, 6) is 0.957. The Balaban J connectivity index is 1.52. The molecule has 2 nitrogen and oxygen atoms in total. The highest BCUT2D eigenvalue weighted by molar-refractivity contribution is 5.95. The number of pyridine rings is 1. The van der Waals surface area contributed by atoms with E-state index in [0.29, 0.717) is 0 Å². The molecular formula is C23H29NO. The van der Waals surface area contributed by atoms with Gasteiger partial charge in [-0.2, -0.15) is 0 Å². The molecule has 0 unspecified atom stereocenters. The quantitative estimate of drug-likeness (QED) is 0.297. The normalized spacial score (nSPS) is 11.2. The van der Waals surface area contributed by atoms with E-state index in [1.54, 1.807) is 0 Å². The Morgan fingerprint density at radius 2 is 1.48 bits per heavy atom. The summed E-state index contributed by atoms with van der Waals surface area (Å²) in [7, 11) is 0. The SMILES string of the molecule is CCCCCCCCCCOc1cccc2nc3ccccc3cc12. The standard InChI is InChI=1S/C23H29NO/c1-2-3-4-5-6-7-8-11-17-25-23-16-12-15-22-20(23)18-19-13-9-10-14-21(19)24-22/h9-10,12-16,18H,2-8,11,17H2,1H3. The Morgan fingerprint density at radius 1 is 0.760 bits per heavy atom. The van der Waals surface area contributed by atoms with Crippen molar-refractivity contribution in [3.05, 3.63) is 48.5 Å². The van der Waals surface area contributed by atoms with Gasteiger partial charge in [0.25, 0.3) is 0 Å². The fraction of sp³-hybridized carbons (Fsp3) is 0.435. The maximum Gasteiger partial charge on any atom is 0.128 e. The zero-order valence-electron chi connectivity index (χ0n) is 15.3. The lowest BCUT2D eigenvalue weighted by Crippen LogP contribution is -1.98. The van der Waals surface area contributed by atoms with Gasteiger partial charge in [0.2, 0.25) is 0 Å². The lowest BCUT2D eigenvalue weighted by Gasteiger charge is -2.10. The van der Waals surface area contributed by atoms with Crippen molar-refractivity contribution < 1.29 is 4.74 Å². The molecule has 0 saturated carbocycles. The maximum atomic E-state index is 6.07. The van der Waals surface area contributed by atoms with E-state index in [1.165, 1.54) is 44.9 Å². The van der Waals surface area contributed by atoms with E-state index in [1.807, 2.05) is 12.1 Å². The van der Waals surface area contributed by atoms with E-state index in [2.05, 4.69) is 43.3 Å². The molecule has 0 aliphatic heterocycles. The number of unbranched alkanes of at least 4 members (excludes halogenated alkanes) is 7. The monoisotopic (exact) mass is 335 g/mol. The molecule has 2 heteroatoms. The first kappa shape index (κ1) is 17.7. The number of nitrogens with zero attached hydrogens (tertiary/aromatic N) is 1. The van der Waals surface area contributed by atoms with Crippen LogP contribution in [0.5, 0.6) is 5.75 Å². The molecule has 0 aliphatic rings. The highest BCUT2D eigenvalue weighted by Gasteiger charge is 2.05. The molecule has 2 aromatic carbocycles. The van der Waals surface area contributed by atoms with Gasteiger partial charge in [-0.25, -0.2) is 4.98 Å². The summed E-state index contributed by atoms with van der Waals surface area (Å²) < 4.78 is 6.07. The van der Waals surface area contributed by atoms with Gasteiger partial charge in [0, 0.05) is 10.8 Å². The van der Waals surface area contributed by atoms with Gasteiger partial charge < -0.3 is 4.74 Å². The van der Waals surface area contributed by atoms with Crippen LogP contribution in [0.1, 0.15) is 58.3 Å². The van der Waals surface area contributed by atoms with Gasteiger partial charge in [0.05, 0.1) is 17.6 Å². The van der Waals surface area contributed by atoms with Gasteiger partial charge in [0.1, 0.15) is 5.75 Å². The third-order valence-corrected chi connectivity index (χ3v) is 4.78. The summed E-state index contributed by atoms with van der Waals surface area (Å²) in [6.07, 6.45) is 10.6. The van der Waals surface area contributed by atoms with Crippen molar-refractivity contribution in [3.63, 3.8) is 0 Å².